The number of anilines is 1. The number of aliphatic carboxylic acids is 1. The van der Waals surface area contributed by atoms with Gasteiger partial charge in [-0.1, -0.05) is 11.6 Å². The maximum atomic E-state index is 11.7. The van der Waals surface area contributed by atoms with Gasteiger partial charge in [-0.2, -0.15) is 0 Å². The van der Waals surface area contributed by atoms with Crippen LogP contribution >= 0.6 is 23.4 Å². The zero-order valence-electron chi connectivity index (χ0n) is 10.9. The standard InChI is InChI=1S/C12H15ClN2O4S/c1-12(19,10(16)17)6-14-11(18)15-8-5-7(13)3-4-9(8)20-2/h3-5,19H,6H2,1-2H3,(H,16,17)(H2,14,15,18). The fourth-order valence-electron chi connectivity index (χ4n) is 1.27. The molecule has 4 N–H and O–H groups in total. The predicted molar refractivity (Wildman–Crippen MR) is 78.5 cm³/mol. The molecule has 1 aromatic carbocycles. The summed E-state index contributed by atoms with van der Waals surface area (Å²) in [6.07, 6.45) is 1.85. The molecule has 0 radical (unpaired) electrons. The molecule has 0 aromatic heterocycles. The van der Waals surface area contributed by atoms with E-state index >= 15 is 0 Å². The van der Waals surface area contributed by atoms with E-state index in [0.717, 1.165) is 11.8 Å². The van der Waals surface area contributed by atoms with E-state index in [2.05, 4.69) is 10.6 Å². The van der Waals surface area contributed by atoms with E-state index in [0.29, 0.717) is 10.7 Å². The molecule has 0 saturated carbocycles. The van der Waals surface area contributed by atoms with E-state index in [1.165, 1.54) is 11.8 Å². The van der Waals surface area contributed by atoms with Crippen molar-refractivity contribution in [2.24, 2.45) is 0 Å². The number of aliphatic hydroxyl groups is 1. The lowest BCUT2D eigenvalue weighted by molar-refractivity contribution is -0.155. The molecule has 1 unspecified atom stereocenters. The average Bonchev–Trinajstić information content (AvgIpc) is 2.36. The zero-order chi connectivity index (χ0) is 15.3. The van der Waals surface area contributed by atoms with Gasteiger partial charge in [-0.15, -0.1) is 11.8 Å². The highest BCUT2D eigenvalue weighted by molar-refractivity contribution is 7.98. The molecule has 0 aliphatic heterocycles. The topological polar surface area (TPSA) is 98.7 Å². The first kappa shape index (κ1) is 16.6. The molecule has 0 fully saturated rings. The maximum absolute atomic E-state index is 11.7. The monoisotopic (exact) mass is 318 g/mol. The number of hydrogen-bond acceptors (Lipinski definition) is 4. The van der Waals surface area contributed by atoms with Gasteiger partial charge >= 0.3 is 12.0 Å². The van der Waals surface area contributed by atoms with Gasteiger partial charge in [-0.3, -0.25) is 0 Å². The number of halogens is 1. The molecule has 20 heavy (non-hydrogen) atoms. The second kappa shape index (κ2) is 6.83. The van der Waals surface area contributed by atoms with Gasteiger partial charge in [0.25, 0.3) is 0 Å². The lowest BCUT2D eigenvalue weighted by Crippen LogP contribution is -2.47. The summed E-state index contributed by atoms with van der Waals surface area (Å²) in [6, 6.07) is 4.42. The van der Waals surface area contributed by atoms with Crippen molar-refractivity contribution in [3.8, 4) is 0 Å². The minimum Gasteiger partial charge on any atom is -0.479 e. The van der Waals surface area contributed by atoms with Gasteiger partial charge in [0.2, 0.25) is 0 Å². The van der Waals surface area contributed by atoms with Crippen LogP contribution in [0.2, 0.25) is 5.02 Å². The Morgan fingerprint density at radius 2 is 2.10 bits per heavy atom. The van der Waals surface area contributed by atoms with Crippen LogP contribution in [0.1, 0.15) is 6.92 Å². The molecule has 1 aromatic rings. The molecule has 2 amide bonds. The van der Waals surface area contributed by atoms with Crippen molar-refractivity contribution in [1.82, 2.24) is 5.32 Å². The van der Waals surface area contributed by atoms with Gasteiger partial charge in [0, 0.05) is 9.92 Å². The smallest absolute Gasteiger partial charge is 0.337 e. The Morgan fingerprint density at radius 1 is 1.45 bits per heavy atom. The Kier molecular flexibility index (Phi) is 5.67. The van der Waals surface area contributed by atoms with Crippen LogP contribution in [0.25, 0.3) is 0 Å². The van der Waals surface area contributed by atoms with E-state index in [9.17, 15) is 14.7 Å². The van der Waals surface area contributed by atoms with Gasteiger partial charge < -0.3 is 20.8 Å². The summed E-state index contributed by atoms with van der Waals surface area (Å²) in [7, 11) is 0. The normalized spacial score (nSPS) is 13.4. The van der Waals surface area contributed by atoms with Gasteiger partial charge in [0.15, 0.2) is 5.60 Å². The third-order valence-electron chi connectivity index (χ3n) is 2.46. The summed E-state index contributed by atoms with van der Waals surface area (Å²) in [5, 5.41) is 23.5. The minimum absolute atomic E-state index is 0.413. The number of urea groups is 1. The molecular formula is C12H15ClN2O4S. The number of amides is 2. The molecule has 0 spiro atoms. The van der Waals surface area contributed by atoms with Crippen LogP contribution in [0.3, 0.4) is 0 Å². The molecule has 0 aliphatic rings. The SMILES string of the molecule is CSc1ccc(Cl)cc1NC(=O)NCC(C)(O)C(=O)O. The van der Waals surface area contributed by atoms with Crippen molar-refractivity contribution in [1.29, 1.82) is 0 Å². The molecule has 0 saturated heterocycles. The van der Waals surface area contributed by atoms with E-state index in [1.54, 1.807) is 18.2 Å². The number of rotatable bonds is 5. The zero-order valence-corrected chi connectivity index (χ0v) is 12.5. The second-order valence-electron chi connectivity index (χ2n) is 4.23. The van der Waals surface area contributed by atoms with Crippen molar-refractivity contribution in [2.75, 3.05) is 18.1 Å². The van der Waals surface area contributed by atoms with Crippen molar-refractivity contribution >= 4 is 41.1 Å². The molecular weight excluding hydrogens is 304 g/mol. The van der Waals surface area contributed by atoms with Crippen molar-refractivity contribution in [2.45, 2.75) is 17.4 Å². The number of nitrogens with one attached hydrogen (secondary N) is 2. The molecule has 0 heterocycles. The second-order valence-corrected chi connectivity index (χ2v) is 5.52. The van der Waals surface area contributed by atoms with Crippen LogP contribution in [0, 0.1) is 0 Å². The largest absolute Gasteiger partial charge is 0.479 e. The molecule has 8 heteroatoms. The number of carbonyl (C=O) groups is 2. The van der Waals surface area contributed by atoms with E-state index in [-0.39, 0.29) is 0 Å². The Bertz CT molecular complexity index is 522. The van der Waals surface area contributed by atoms with Gasteiger partial charge in [-0.25, -0.2) is 9.59 Å². The molecule has 1 rings (SSSR count). The van der Waals surface area contributed by atoms with Gasteiger partial charge in [0.1, 0.15) is 0 Å². The molecule has 6 nitrogen and oxygen atoms in total. The fourth-order valence-corrected chi connectivity index (χ4v) is 1.98. The third-order valence-corrected chi connectivity index (χ3v) is 3.49. The van der Waals surface area contributed by atoms with Crippen LogP contribution in [0.15, 0.2) is 23.1 Å². The van der Waals surface area contributed by atoms with E-state index in [1.807, 2.05) is 6.26 Å². The Labute approximate surface area is 125 Å². The first-order valence-corrected chi connectivity index (χ1v) is 7.20. The highest BCUT2D eigenvalue weighted by Crippen LogP contribution is 2.28. The van der Waals surface area contributed by atoms with Gasteiger partial charge in [-0.05, 0) is 31.4 Å². The first-order valence-electron chi connectivity index (χ1n) is 5.60. The summed E-state index contributed by atoms with van der Waals surface area (Å²) in [5.41, 5.74) is -1.51. The summed E-state index contributed by atoms with van der Waals surface area (Å²) < 4.78 is 0. The third kappa shape index (κ3) is 4.59. The molecule has 0 aliphatic carbocycles. The van der Waals surface area contributed by atoms with Crippen LogP contribution < -0.4 is 10.6 Å². The molecule has 110 valence electrons. The molecule has 0 bridgehead atoms. The van der Waals surface area contributed by atoms with Crippen molar-refractivity contribution in [3.05, 3.63) is 23.2 Å². The highest BCUT2D eigenvalue weighted by Gasteiger charge is 2.30. The predicted octanol–water partition coefficient (Wildman–Crippen LogP) is 2.02. The lowest BCUT2D eigenvalue weighted by atomic mass is 10.1. The van der Waals surface area contributed by atoms with E-state index in [4.69, 9.17) is 16.7 Å². The minimum atomic E-state index is -2.02. The fraction of sp³-hybridized carbons (Fsp3) is 0.333. The van der Waals surface area contributed by atoms with Crippen LogP contribution in [0.4, 0.5) is 10.5 Å². The Morgan fingerprint density at radius 3 is 2.65 bits per heavy atom. The summed E-state index contributed by atoms with van der Waals surface area (Å²) >= 11 is 7.28. The number of carboxylic acids is 1. The summed E-state index contributed by atoms with van der Waals surface area (Å²) in [6.45, 7) is 0.686. The maximum Gasteiger partial charge on any atom is 0.337 e. The first-order chi connectivity index (χ1) is 9.26. The van der Waals surface area contributed by atoms with Crippen LogP contribution in [0.5, 0.6) is 0 Å². The van der Waals surface area contributed by atoms with Crippen LogP contribution in [-0.4, -0.2) is 40.6 Å². The van der Waals surface area contributed by atoms with Crippen LogP contribution in [-0.2, 0) is 4.79 Å². The number of carbonyl (C=O) groups excluding carboxylic acids is 1. The Balaban J connectivity index is 2.68. The quantitative estimate of drug-likeness (QED) is 0.623. The Hall–Kier alpha value is -1.44. The summed E-state index contributed by atoms with van der Waals surface area (Å²) in [5.74, 6) is -1.41. The van der Waals surface area contributed by atoms with Gasteiger partial charge in [0.05, 0.1) is 12.2 Å². The number of carboxylic acid groups (broad SMARTS) is 1. The van der Waals surface area contributed by atoms with Crippen molar-refractivity contribution < 1.29 is 19.8 Å². The molecule has 1 atom stereocenters. The number of benzene rings is 1. The van der Waals surface area contributed by atoms with E-state index < -0.39 is 24.1 Å². The number of hydrogen-bond donors (Lipinski definition) is 4. The highest BCUT2D eigenvalue weighted by atomic mass is 35.5. The summed E-state index contributed by atoms with van der Waals surface area (Å²) in [4.78, 5) is 23.2. The average molecular weight is 319 g/mol. The lowest BCUT2D eigenvalue weighted by Gasteiger charge is -2.19. The van der Waals surface area contributed by atoms with Crippen molar-refractivity contribution in [3.63, 3.8) is 0 Å². The number of thioether (sulfide) groups is 1.